The third-order valence-electron chi connectivity index (χ3n) is 5.42. The second kappa shape index (κ2) is 8.09. The van der Waals surface area contributed by atoms with Crippen molar-refractivity contribution < 1.29 is 27.5 Å². The number of benzene rings is 2. The molecule has 0 bridgehead atoms. The number of rotatable bonds is 4. The Bertz CT molecular complexity index is 1020. The highest BCUT2D eigenvalue weighted by Crippen LogP contribution is 2.37. The van der Waals surface area contributed by atoms with Gasteiger partial charge in [0.2, 0.25) is 0 Å². The molecular weight excluding hydrogens is 409 g/mol. The van der Waals surface area contributed by atoms with Gasteiger partial charge in [0.05, 0.1) is 11.3 Å². The molecular formula is C23H21F3N2O3. The van der Waals surface area contributed by atoms with E-state index in [1.165, 1.54) is 12.1 Å². The summed E-state index contributed by atoms with van der Waals surface area (Å²) >= 11 is 0. The van der Waals surface area contributed by atoms with Gasteiger partial charge in [-0.25, -0.2) is 4.90 Å². The van der Waals surface area contributed by atoms with Crippen molar-refractivity contribution in [2.24, 2.45) is 5.92 Å². The monoisotopic (exact) mass is 430 g/mol. The van der Waals surface area contributed by atoms with Crippen LogP contribution in [0.2, 0.25) is 0 Å². The van der Waals surface area contributed by atoms with Crippen LogP contribution >= 0.6 is 0 Å². The highest BCUT2D eigenvalue weighted by atomic mass is 19.4. The molecule has 0 radical (unpaired) electrons. The number of hydrogen-bond donors (Lipinski definition) is 0. The molecule has 0 spiro atoms. The fraction of sp³-hybridized carbons (Fsp3) is 0.304. The Labute approximate surface area is 177 Å². The first kappa shape index (κ1) is 21.0. The molecule has 2 aliphatic rings. The van der Waals surface area contributed by atoms with Gasteiger partial charge in [0.25, 0.3) is 11.8 Å². The van der Waals surface area contributed by atoms with E-state index in [1.807, 2.05) is 11.0 Å². The molecule has 2 aliphatic heterocycles. The third-order valence-corrected chi connectivity index (χ3v) is 5.42. The molecule has 2 aromatic rings. The molecule has 0 N–H and O–H groups in total. The second-order valence-corrected chi connectivity index (χ2v) is 7.77. The second-order valence-electron chi connectivity index (χ2n) is 7.77. The van der Waals surface area contributed by atoms with Crippen LogP contribution in [0.3, 0.4) is 0 Å². The summed E-state index contributed by atoms with van der Waals surface area (Å²) < 4.78 is 41.2. The number of likely N-dealkylation sites (tertiary alicyclic amines) is 1. The van der Waals surface area contributed by atoms with Crippen molar-refractivity contribution in [3.8, 4) is 5.75 Å². The number of ether oxygens (including phenoxy) is 1. The van der Waals surface area contributed by atoms with Crippen molar-refractivity contribution >= 4 is 23.1 Å². The first-order valence-electron chi connectivity index (χ1n) is 10.0. The van der Waals surface area contributed by atoms with Gasteiger partial charge in [-0.2, -0.15) is 0 Å². The van der Waals surface area contributed by atoms with E-state index in [0.29, 0.717) is 35.8 Å². The molecule has 1 saturated heterocycles. The molecule has 162 valence electrons. The minimum absolute atomic E-state index is 0.193. The van der Waals surface area contributed by atoms with Crippen LogP contribution in [0, 0.1) is 5.92 Å². The number of carbonyl (C=O) groups excluding carboxylic acids is 2. The summed E-state index contributed by atoms with van der Waals surface area (Å²) in [5.41, 5.74) is 1.49. The smallest absolute Gasteiger partial charge is 0.406 e. The van der Waals surface area contributed by atoms with Crippen LogP contribution in [0.5, 0.6) is 5.75 Å². The lowest BCUT2D eigenvalue weighted by atomic mass is 9.98. The number of nitrogens with zero attached hydrogens (tertiary/aromatic N) is 2. The summed E-state index contributed by atoms with van der Waals surface area (Å²) in [6.07, 6.45) is -2.85. The molecule has 4 rings (SSSR count). The van der Waals surface area contributed by atoms with Crippen LogP contribution in [-0.2, 0) is 9.59 Å². The molecule has 2 heterocycles. The molecule has 0 aliphatic carbocycles. The quantitative estimate of drug-likeness (QED) is 0.666. The van der Waals surface area contributed by atoms with Crippen molar-refractivity contribution in [2.75, 3.05) is 18.0 Å². The summed E-state index contributed by atoms with van der Waals surface area (Å²) in [6, 6.07) is 13.7. The van der Waals surface area contributed by atoms with Crippen molar-refractivity contribution in [3.63, 3.8) is 0 Å². The van der Waals surface area contributed by atoms with E-state index in [-0.39, 0.29) is 5.69 Å². The summed E-state index contributed by atoms with van der Waals surface area (Å²) in [4.78, 5) is 29.8. The van der Waals surface area contributed by atoms with Gasteiger partial charge in [0, 0.05) is 13.1 Å². The zero-order chi connectivity index (χ0) is 22.2. The third kappa shape index (κ3) is 4.28. The van der Waals surface area contributed by atoms with Crippen LogP contribution in [0.1, 0.15) is 25.3 Å². The minimum atomic E-state index is -4.82. The van der Waals surface area contributed by atoms with Crippen molar-refractivity contribution in [2.45, 2.75) is 26.1 Å². The molecule has 0 saturated carbocycles. The molecule has 2 aromatic carbocycles. The Morgan fingerprint density at radius 3 is 2.26 bits per heavy atom. The number of anilines is 1. The molecule has 8 heteroatoms. The summed E-state index contributed by atoms with van der Waals surface area (Å²) in [7, 11) is 0. The molecule has 0 aromatic heterocycles. The van der Waals surface area contributed by atoms with Crippen LogP contribution in [-0.4, -0.2) is 36.2 Å². The molecule has 2 amide bonds. The van der Waals surface area contributed by atoms with Crippen molar-refractivity contribution in [1.82, 2.24) is 4.90 Å². The van der Waals surface area contributed by atoms with Crippen LogP contribution in [0.4, 0.5) is 18.9 Å². The van der Waals surface area contributed by atoms with Gasteiger partial charge in [-0.15, -0.1) is 13.2 Å². The molecule has 5 nitrogen and oxygen atoms in total. The van der Waals surface area contributed by atoms with E-state index in [9.17, 15) is 22.8 Å². The lowest BCUT2D eigenvalue weighted by Crippen LogP contribution is -2.39. The van der Waals surface area contributed by atoms with Gasteiger partial charge in [-0.1, -0.05) is 37.3 Å². The number of imide groups is 1. The van der Waals surface area contributed by atoms with E-state index in [4.69, 9.17) is 0 Å². The SMILES string of the molecule is CC1CCCN(C2=C(c3ccccc3)C(=O)N(c3ccc(OC(F)(F)F)cc3)C2=O)C1. The predicted molar refractivity (Wildman–Crippen MR) is 109 cm³/mol. The maximum atomic E-state index is 13.4. The summed E-state index contributed by atoms with van der Waals surface area (Å²) in [6.45, 7) is 3.44. The number of amides is 2. The highest BCUT2D eigenvalue weighted by Gasteiger charge is 2.43. The topological polar surface area (TPSA) is 49.9 Å². The van der Waals surface area contributed by atoms with Crippen molar-refractivity contribution in [1.29, 1.82) is 0 Å². The lowest BCUT2D eigenvalue weighted by molar-refractivity contribution is -0.274. The minimum Gasteiger partial charge on any atom is -0.406 e. The average molecular weight is 430 g/mol. The Hall–Kier alpha value is -3.29. The zero-order valence-corrected chi connectivity index (χ0v) is 16.9. The van der Waals surface area contributed by atoms with E-state index < -0.39 is 23.9 Å². The number of alkyl halides is 3. The van der Waals surface area contributed by atoms with Crippen molar-refractivity contribution in [3.05, 3.63) is 65.9 Å². The van der Waals surface area contributed by atoms with Gasteiger partial charge in [-0.05, 0) is 48.6 Å². The van der Waals surface area contributed by atoms with Crippen LogP contribution in [0.25, 0.3) is 5.57 Å². The standard InChI is InChI=1S/C23H21F3N2O3/c1-15-6-5-13-27(14-15)20-19(16-7-3-2-4-8-16)21(29)28(22(20)30)17-9-11-18(12-10-17)31-23(24,25)26/h2-4,7-12,15H,5-6,13-14H2,1H3. The first-order valence-corrected chi connectivity index (χ1v) is 10.0. The fourth-order valence-corrected chi connectivity index (χ4v) is 4.10. The Kier molecular flexibility index (Phi) is 5.47. The van der Waals surface area contributed by atoms with Gasteiger partial charge in [0.1, 0.15) is 11.4 Å². The molecule has 1 unspecified atom stereocenters. The molecule has 1 atom stereocenters. The molecule has 1 fully saturated rings. The van der Waals surface area contributed by atoms with Gasteiger partial charge in [-0.3, -0.25) is 9.59 Å². The summed E-state index contributed by atoms with van der Waals surface area (Å²) in [5, 5.41) is 0. The number of carbonyl (C=O) groups is 2. The van der Waals surface area contributed by atoms with E-state index >= 15 is 0 Å². The van der Waals surface area contributed by atoms with Gasteiger partial charge in [0.15, 0.2) is 0 Å². The predicted octanol–water partition coefficient (Wildman–Crippen LogP) is 4.60. The fourth-order valence-electron chi connectivity index (χ4n) is 4.10. The normalized spacial score (nSPS) is 19.9. The summed E-state index contributed by atoms with van der Waals surface area (Å²) in [5.74, 6) is -0.998. The largest absolute Gasteiger partial charge is 0.573 e. The Morgan fingerprint density at radius 1 is 0.968 bits per heavy atom. The number of piperidine rings is 1. The Morgan fingerprint density at radius 2 is 1.65 bits per heavy atom. The number of halogens is 3. The zero-order valence-electron chi connectivity index (χ0n) is 16.9. The van der Waals surface area contributed by atoms with E-state index in [2.05, 4.69) is 11.7 Å². The maximum absolute atomic E-state index is 13.4. The highest BCUT2D eigenvalue weighted by molar-refractivity contribution is 6.45. The molecule has 31 heavy (non-hydrogen) atoms. The maximum Gasteiger partial charge on any atom is 0.573 e. The average Bonchev–Trinajstić information content (AvgIpc) is 2.98. The van der Waals surface area contributed by atoms with E-state index in [0.717, 1.165) is 29.9 Å². The van der Waals surface area contributed by atoms with Gasteiger partial charge < -0.3 is 9.64 Å². The number of hydrogen-bond acceptors (Lipinski definition) is 4. The first-order chi connectivity index (χ1) is 14.7. The lowest BCUT2D eigenvalue weighted by Gasteiger charge is -2.33. The van der Waals surface area contributed by atoms with E-state index in [1.54, 1.807) is 24.3 Å². The van der Waals surface area contributed by atoms with Crippen LogP contribution < -0.4 is 9.64 Å². The Balaban J connectivity index is 1.71. The van der Waals surface area contributed by atoms with Crippen LogP contribution in [0.15, 0.2) is 60.3 Å². The van der Waals surface area contributed by atoms with Gasteiger partial charge >= 0.3 is 6.36 Å².